The molecule has 1 aliphatic carbocycles. The maximum Gasteiger partial charge on any atom is 0.246 e. The van der Waals surface area contributed by atoms with Gasteiger partial charge in [-0.15, -0.1) is 24.8 Å². The molecule has 2 amide bonds. The van der Waals surface area contributed by atoms with Crippen LogP contribution in [-0.2, 0) is 16.1 Å². The van der Waals surface area contributed by atoms with Crippen LogP contribution in [0, 0.1) is 19.8 Å². The molecule has 2 aliphatic heterocycles. The van der Waals surface area contributed by atoms with Gasteiger partial charge in [0.05, 0.1) is 11.4 Å². The molecule has 41 heavy (non-hydrogen) atoms. The fraction of sp³-hybridized carbons (Fsp3) is 0.656. The van der Waals surface area contributed by atoms with Crippen molar-refractivity contribution < 1.29 is 9.59 Å². The van der Waals surface area contributed by atoms with Crippen LogP contribution in [-0.4, -0.2) is 62.6 Å². The summed E-state index contributed by atoms with van der Waals surface area (Å²) in [4.78, 5) is 32.0. The molecule has 3 heterocycles. The monoisotopic (exact) mass is 605 g/mol. The van der Waals surface area contributed by atoms with Crippen LogP contribution >= 0.6 is 24.8 Å². The molecular weight excluding hydrogens is 557 g/mol. The molecule has 2 aromatic rings. The van der Waals surface area contributed by atoms with Crippen molar-refractivity contribution in [3.05, 3.63) is 47.3 Å². The molecule has 1 spiro atoms. The Morgan fingerprint density at radius 2 is 1.66 bits per heavy atom. The van der Waals surface area contributed by atoms with Gasteiger partial charge in [0.25, 0.3) is 0 Å². The lowest BCUT2D eigenvalue weighted by atomic mass is 9.80. The van der Waals surface area contributed by atoms with Crippen molar-refractivity contribution in [3.8, 4) is 5.69 Å². The minimum absolute atomic E-state index is 0. The molecule has 1 atom stereocenters. The van der Waals surface area contributed by atoms with Crippen molar-refractivity contribution in [2.75, 3.05) is 19.6 Å². The molecule has 3 fully saturated rings. The number of benzene rings is 1. The second-order valence-electron chi connectivity index (χ2n) is 12.2. The molecule has 5 rings (SSSR count). The number of carbonyl (C=O) groups is 2. The van der Waals surface area contributed by atoms with Crippen LogP contribution in [0.15, 0.2) is 30.3 Å². The number of unbranched alkanes of at least 4 members (excludes halogenated alkanes) is 1. The third-order valence-corrected chi connectivity index (χ3v) is 9.64. The van der Waals surface area contributed by atoms with Crippen molar-refractivity contribution >= 4 is 36.6 Å². The Morgan fingerprint density at radius 3 is 2.32 bits per heavy atom. The summed E-state index contributed by atoms with van der Waals surface area (Å²) in [5.41, 5.74) is 3.83. The Morgan fingerprint density at radius 1 is 0.976 bits per heavy atom. The number of carbonyl (C=O) groups excluding carboxylic acids is 2. The SMILES string of the molecule is CCCCN1C(=O)C(CCC2CCCCC2)NC(=O)C12CCN(Cc1c(C)nn(-c3ccccc3)c1C)CC2.Cl.Cl. The first-order valence-corrected chi connectivity index (χ1v) is 15.4. The van der Waals surface area contributed by atoms with Gasteiger partial charge in [-0.2, -0.15) is 5.10 Å². The number of hydrogen-bond acceptors (Lipinski definition) is 4. The van der Waals surface area contributed by atoms with E-state index < -0.39 is 5.54 Å². The molecule has 1 aromatic carbocycles. The van der Waals surface area contributed by atoms with Crippen molar-refractivity contribution in [2.24, 2.45) is 5.92 Å². The van der Waals surface area contributed by atoms with Crippen LogP contribution < -0.4 is 5.32 Å². The van der Waals surface area contributed by atoms with Crippen LogP contribution in [0.1, 0.15) is 94.5 Å². The number of likely N-dealkylation sites (tertiary alicyclic amines) is 1. The fourth-order valence-electron chi connectivity index (χ4n) is 7.12. The highest BCUT2D eigenvalue weighted by Gasteiger charge is 2.53. The highest BCUT2D eigenvalue weighted by atomic mass is 35.5. The zero-order valence-corrected chi connectivity index (χ0v) is 26.7. The van der Waals surface area contributed by atoms with E-state index in [4.69, 9.17) is 5.10 Å². The Labute approximate surface area is 258 Å². The predicted octanol–water partition coefficient (Wildman–Crippen LogP) is 6.15. The Kier molecular flexibility index (Phi) is 12.1. The first-order valence-electron chi connectivity index (χ1n) is 15.4. The third kappa shape index (κ3) is 7.11. The number of hydrogen-bond donors (Lipinski definition) is 1. The number of piperidine rings is 1. The van der Waals surface area contributed by atoms with E-state index in [2.05, 4.69) is 43.1 Å². The van der Waals surface area contributed by atoms with Crippen molar-refractivity contribution in [1.29, 1.82) is 0 Å². The number of amides is 2. The minimum atomic E-state index is -0.706. The van der Waals surface area contributed by atoms with Gasteiger partial charge in [0.1, 0.15) is 11.6 Å². The van der Waals surface area contributed by atoms with Crippen molar-refractivity contribution in [2.45, 2.75) is 110 Å². The summed E-state index contributed by atoms with van der Waals surface area (Å²) in [5, 5.41) is 8.04. The maximum absolute atomic E-state index is 13.8. The smallest absolute Gasteiger partial charge is 0.246 e. The summed E-state index contributed by atoms with van der Waals surface area (Å²) < 4.78 is 2.03. The van der Waals surface area contributed by atoms with Gasteiger partial charge in [-0.05, 0) is 64.0 Å². The van der Waals surface area contributed by atoms with E-state index in [0.29, 0.717) is 25.3 Å². The first-order chi connectivity index (χ1) is 18.9. The molecule has 0 radical (unpaired) electrons. The first kappa shape index (κ1) is 33.4. The van der Waals surface area contributed by atoms with E-state index in [1.54, 1.807) is 0 Å². The largest absolute Gasteiger partial charge is 0.342 e. The molecule has 7 nitrogen and oxygen atoms in total. The number of aromatic nitrogens is 2. The predicted molar refractivity (Wildman–Crippen MR) is 169 cm³/mol. The van der Waals surface area contributed by atoms with Gasteiger partial charge in [0.2, 0.25) is 11.8 Å². The van der Waals surface area contributed by atoms with Gasteiger partial charge in [-0.1, -0.05) is 63.6 Å². The van der Waals surface area contributed by atoms with Crippen LogP contribution in [0.2, 0.25) is 0 Å². The number of nitrogens with zero attached hydrogens (tertiary/aromatic N) is 4. The van der Waals surface area contributed by atoms with Crippen LogP contribution in [0.25, 0.3) is 5.69 Å². The van der Waals surface area contributed by atoms with Crippen LogP contribution in [0.4, 0.5) is 0 Å². The van der Waals surface area contributed by atoms with Crippen molar-refractivity contribution in [1.82, 2.24) is 24.9 Å². The summed E-state index contributed by atoms with van der Waals surface area (Å²) >= 11 is 0. The number of rotatable bonds is 9. The number of para-hydroxylation sites is 1. The maximum atomic E-state index is 13.8. The summed E-state index contributed by atoms with van der Waals surface area (Å²) in [6, 6.07) is 9.91. The van der Waals surface area contributed by atoms with Crippen LogP contribution in [0.5, 0.6) is 0 Å². The molecule has 9 heteroatoms. The van der Waals surface area contributed by atoms with Gasteiger partial charge < -0.3 is 10.2 Å². The number of aryl methyl sites for hydroxylation is 1. The molecular formula is C32H49Cl2N5O2. The molecule has 1 unspecified atom stereocenters. The van der Waals surface area contributed by atoms with Crippen LogP contribution in [0.3, 0.4) is 0 Å². The average molecular weight is 607 g/mol. The lowest BCUT2D eigenvalue weighted by Crippen LogP contribution is -2.72. The van der Waals surface area contributed by atoms with E-state index in [-0.39, 0.29) is 42.7 Å². The van der Waals surface area contributed by atoms with Crippen molar-refractivity contribution in [3.63, 3.8) is 0 Å². The molecule has 2 saturated heterocycles. The molecule has 1 saturated carbocycles. The minimum Gasteiger partial charge on any atom is -0.342 e. The standard InChI is InChI=1S/C32H47N5O2.2ClH/c1-4-5-20-36-30(38)29(17-16-26-12-8-6-9-13-26)33-31(39)32(36)18-21-35(22-19-32)23-28-24(2)34-37(25(28)3)27-14-10-7-11-15-27;;/h7,10-11,14-15,26,29H,4-6,8-9,12-13,16-23H2,1-3H3,(H,33,39);2*1H. The Balaban J connectivity index is 0.00000231. The molecule has 3 aliphatic rings. The lowest BCUT2D eigenvalue weighted by molar-refractivity contribution is -0.161. The molecule has 228 valence electrons. The fourth-order valence-corrected chi connectivity index (χ4v) is 7.12. The summed E-state index contributed by atoms with van der Waals surface area (Å²) in [6.45, 7) is 9.47. The zero-order valence-electron chi connectivity index (χ0n) is 25.1. The van der Waals surface area contributed by atoms with Gasteiger partial charge in [0, 0.05) is 37.4 Å². The van der Waals surface area contributed by atoms with Gasteiger partial charge in [-0.3, -0.25) is 14.5 Å². The topological polar surface area (TPSA) is 70.5 Å². The quantitative estimate of drug-likeness (QED) is 0.372. The second-order valence-corrected chi connectivity index (χ2v) is 12.2. The van der Waals surface area contributed by atoms with E-state index in [1.807, 2.05) is 27.8 Å². The number of piperazine rings is 1. The van der Waals surface area contributed by atoms with Gasteiger partial charge in [0.15, 0.2) is 0 Å². The molecule has 1 aromatic heterocycles. The molecule has 1 N–H and O–H groups in total. The highest BCUT2D eigenvalue weighted by molar-refractivity contribution is 6.00. The highest BCUT2D eigenvalue weighted by Crippen LogP contribution is 2.36. The van der Waals surface area contributed by atoms with E-state index >= 15 is 0 Å². The molecule has 0 bridgehead atoms. The summed E-state index contributed by atoms with van der Waals surface area (Å²) in [7, 11) is 0. The van der Waals surface area contributed by atoms with E-state index in [1.165, 1.54) is 37.7 Å². The second kappa shape index (κ2) is 14.9. The van der Waals surface area contributed by atoms with E-state index in [9.17, 15) is 9.59 Å². The summed E-state index contributed by atoms with van der Waals surface area (Å²) in [6.07, 6.45) is 11.7. The third-order valence-electron chi connectivity index (χ3n) is 9.64. The summed E-state index contributed by atoms with van der Waals surface area (Å²) in [5.74, 6) is 0.948. The Bertz CT molecular complexity index is 1140. The average Bonchev–Trinajstić information content (AvgIpc) is 3.24. The Hall–Kier alpha value is -2.09. The van der Waals surface area contributed by atoms with Gasteiger partial charge in [-0.25, -0.2) is 4.68 Å². The zero-order chi connectivity index (χ0) is 27.4. The lowest BCUT2D eigenvalue weighted by Gasteiger charge is -2.52. The van der Waals surface area contributed by atoms with Gasteiger partial charge >= 0.3 is 0 Å². The number of nitrogens with one attached hydrogen (secondary N) is 1. The normalized spacial score (nSPS) is 21.3. The number of halogens is 2. The van der Waals surface area contributed by atoms with E-state index in [0.717, 1.165) is 62.4 Å².